The Morgan fingerprint density at radius 2 is 1.90 bits per heavy atom. The Kier molecular flexibility index (Phi) is 6.38. The van der Waals surface area contributed by atoms with E-state index < -0.39 is 0 Å². The van der Waals surface area contributed by atoms with Crippen LogP contribution in [-0.2, 0) is 17.9 Å². The van der Waals surface area contributed by atoms with Crippen molar-refractivity contribution in [2.24, 2.45) is 0 Å². The molecule has 6 nitrogen and oxygen atoms in total. The quantitative estimate of drug-likeness (QED) is 0.303. The van der Waals surface area contributed by atoms with E-state index in [1.807, 2.05) is 49.2 Å². The molecule has 1 amide bonds. The van der Waals surface area contributed by atoms with Gasteiger partial charge >= 0.3 is 0 Å². The summed E-state index contributed by atoms with van der Waals surface area (Å²) < 4.78 is 1.90. The van der Waals surface area contributed by atoms with Crippen LogP contribution in [0, 0.1) is 20.8 Å². The minimum atomic E-state index is 0.0647. The lowest BCUT2D eigenvalue weighted by atomic mass is 10.2. The number of aryl methyl sites for hydroxylation is 3. The van der Waals surface area contributed by atoms with Crippen LogP contribution in [0.2, 0.25) is 0 Å². The van der Waals surface area contributed by atoms with Crippen molar-refractivity contribution in [3.8, 4) is 0 Å². The number of hydrogen-bond acceptors (Lipinski definition) is 6. The smallest absolute Gasteiger partial charge is 0.233 e. The minimum absolute atomic E-state index is 0.0647. The minimum Gasteiger partial charge on any atom is -0.341 e. The Labute approximate surface area is 190 Å². The molecule has 0 spiro atoms. The third-order valence-electron chi connectivity index (χ3n) is 5.16. The van der Waals surface area contributed by atoms with Crippen molar-refractivity contribution < 1.29 is 4.79 Å². The number of nitrogens with zero attached hydrogens (tertiary/aromatic N) is 5. The summed E-state index contributed by atoms with van der Waals surface area (Å²) in [6.45, 7) is 7.34. The highest BCUT2D eigenvalue weighted by atomic mass is 32.2. The van der Waals surface area contributed by atoms with Crippen LogP contribution in [0.15, 0.2) is 47.8 Å². The van der Waals surface area contributed by atoms with Gasteiger partial charge in [0.25, 0.3) is 0 Å². The van der Waals surface area contributed by atoms with Gasteiger partial charge in [-0.2, -0.15) is 5.10 Å². The van der Waals surface area contributed by atoms with E-state index in [1.54, 1.807) is 16.2 Å². The predicted octanol–water partition coefficient (Wildman–Crippen LogP) is 4.61. The third kappa shape index (κ3) is 4.97. The van der Waals surface area contributed by atoms with E-state index in [2.05, 4.69) is 41.0 Å². The zero-order valence-electron chi connectivity index (χ0n) is 18.1. The fraction of sp³-hybridized carbons (Fsp3) is 0.304. The number of carbonyl (C=O) groups excluding carboxylic acids is 1. The maximum Gasteiger partial charge on any atom is 0.233 e. The molecule has 0 saturated carbocycles. The van der Waals surface area contributed by atoms with Gasteiger partial charge in [0.05, 0.1) is 18.5 Å². The first-order valence-corrected chi connectivity index (χ1v) is 11.9. The van der Waals surface area contributed by atoms with Crippen molar-refractivity contribution in [3.63, 3.8) is 0 Å². The third-order valence-corrected chi connectivity index (χ3v) is 7.22. The van der Waals surface area contributed by atoms with E-state index >= 15 is 0 Å². The Balaban J connectivity index is 1.38. The Hall–Kier alpha value is -2.71. The molecule has 0 saturated heterocycles. The molecule has 3 aromatic heterocycles. The van der Waals surface area contributed by atoms with Crippen LogP contribution in [0.4, 0.5) is 0 Å². The zero-order valence-corrected chi connectivity index (χ0v) is 19.8. The number of thioether (sulfide) groups is 1. The van der Waals surface area contributed by atoms with Crippen LogP contribution >= 0.6 is 23.1 Å². The van der Waals surface area contributed by atoms with Gasteiger partial charge < -0.3 is 4.90 Å². The molecule has 0 N–H and O–H groups in total. The molecule has 8 heteroatoms. The molecule has 0 bridgehead atoms. The van der Waals surface area contributed by atoms with Crippen LogP contribution in [-0.4, -0.2) is 43.4 Å². The number of benzene rings is 1. The largest absolute Gasteiger partial charge is 0.341 e. The molecule has 0 radical (unpaired) electrons. The van der Waals surface area contributed by atoms with Crippen LogP contribution < -0.4 is 0 Å². The highest BCUT2D eigenvalue weighted by Crippen LogP contribution is 2.35. The van der Waals surface area contributed by atoms with Crippen LogP contribution in [0.1, 0.15) is 27.4 Å². The average Bonchev–Trinajstić information content (AvgIpc) is 3.30. The van der Waals surface area contributed by atoms with Crippen LogP contribution in [0.5, 0.6) is 0 Å². The van der Waals surface area contributed by atoms with E-state index in [-0.39, 0.29) is 5.91 Å². The van der Waals surface area contributed by atoms with Gasteiger partial charge in [-0.3, -0.25) is 9.48 Å². The number of carbonyl (C=O) groups is 1. The summed E-state index contributed by atoms with van der Waals surface area (Å²) in [5.41, 5.74) is 3.42. The molecular formula is C23H25N5OS2. The van der Waals surface area contributed by atoms with Gasteiger partial charge in [-0.15, -0.1) is 11.3 Å². The molecule has 160 valence electrons. The molecule has 0 aliphatic carbocycles. The summed E-state index contributed by atoms with van der Waals surface area (Å²) in [4.78, 5) is 25.9. The van der Waals surface area contributed by atoms with Gasteiger partial charge in [0.2, 0.25) is 5.91 Å². The second kappa shape index (κ2) is 9.20. The number of aromatic nitrogens is 4. The van der Waals surface area contributed by atoms with Crippen molar-refractivity contribution in [2.75, 3.05) is 12.8 Å². The lowest BCUT2D eigenvalue weighted by molar-refractivity contribution is -0.127. The summed E-state index contributed by atoms with van der Waals surface area (Å²) in [5, 5.41) is 6.40. The van der Waals surface area contributed by atoms with Crippen LogP contribution in [0.25, 0.3) is 10.2 Å². The first-order valence-electron chi connectivity index (χ1n) is 10.1. The fourth-order valence-corrected chi connectivity index (χ4v) is 5.58. The average molecular weight is 452 g/mol. The van der Waals surface area contributed by atoms with Gasteiger partial charge in [-0.25, -0.2) is 9.97 Å². The lowest BCUT2D eigenvalue weighted by Gasteiger charge is -2.16. The summed E-state index contributed by atoms with van der Waals surface area (Å²) in [7, 11) is 1.83. The summed E-state index contributed by atoms with van der Waals surface area (Å²) in [5.74, 6) is 1.15. The maximum atomic E-state index is 12.8. The van der Waals surface area contributed by atoms with Crippen LogP contribution in [0.3, 0.4) is 0 Å². The highest BCUT2D eigenvalue weighted by molar-refractivity contribution is 8.00. The van der Waals surface area contributed by atoms with Gasteiger partial charge in [0.15, 0.2) is 0 Å². The summed E-state index contributed by atoms with van der Waals surface area (Å²) in [6.07, 6.45) is 3.83. The standard InChI is InChI=1S/C23H25N5OS2/c1-15-16(2)31-23-21(15)22(25-17(3)26-23)30-14-20(29)27(4)11-19-10-24-28(13-19)12-18-8-6-5-7-9-18/h5-10,13H,11-12,14H2,1-4H3. The Bertz CT molecular complexity index is 1220. The topological polar surface area (TPSA) is 63.9 Å². The number of hydrogen-bond donors (Lipinski definition) is 0. The van der Waals surface area contributed by atoms with Crippen molar-refractivity contribution in [3.05, 3.63) is 70.1 Å². The number of thiophene rings is 1. The van der Waals surface area contributed by atoms with Crippen molar-refractivity contribution >= 4 is 39.2 Å². The molecule has 0 atom stereocenters. The number of rotatable bonds is 7. The second-order valence-electron chi connectivity index (χ2n) is 7.61. The first kappa shape index (κ1) is 21.5. The SMILES string of the molecule is Cc1nc(SCC(=O)N(C)Cc2cnn(Cc3ccccc3)c2)c2c(C)c(C)sc2n1. The Morgan fingerprint density at radius 3 is 2.68 bits per heavy atom. The Morgan fingerprint density at radius 1 is 1.13 bits per heavy atom. The predicted molar refractivity (Wildman–Crippen MR) is 127 cm³/mol. The molecule has 0 fully saturated rings. The van der Waals surface area contributed by atoms with E-state index in [9.17, 15) is 4.79 Å². The summed E-state index contributed by atoms with van der Waals surface area (Å²) in [6, 6.07) is 10.2. The number of amides is 1. The molecule has 4 rings (SSSR count). The molecule has 31 heavy (non-hydrogen) atoms. The molecule has 1 aromatic carbocycles. The lowest BCUT2D eigenvalue weighted by Crippen LogP contribution is -2.27. The van der Waals surface area contributed by atoms with Gasteiger partial charge in [-0.05, 0) is 31.9 Å². The molecule has 3 heterocycles. The molecule has 0 unspecified atom stereocenters. The first-order chi connectivity index (χ1) is 14.9. The van der Waals surface area contributed by atoms with E-state index in [0.717, 1.165) is 33.2 Å². The van der Waals surface area contributed by atoms with E-state index in [0.29, 0.717) is 12.3 Å². The van der Waals surface area contributed by atoms with Crippen molar-refractivity contribution in [2.45, 2.75) is 38.9 Å². The highest BCUT2D eigenvalue weighted by Gasteiger charge is 2.17. The fourth-order valence-electron chi connectivity index (χ4n) is 3.37. The molecule has 0 aliphatic heterocycles. The van der Waals surface area contributed by atoms with Crippen molar-refractivity contribution in [1.29, 1.82) is 0 Å². The van der Waals surface area contributed by atoms with E-state index in [1.165, 1.54) is 27.8 Å². The normalized spacial score (nSPS) is 11.2. The molecule has 0 aliphatic rings. The van der Waals surface area contributed by atoms with Gasteiger partial charge in [-0.1, -0.05) is 42.1 Å². The van der Waals surface area contributed by atoms with Gasteiger partial charge in [0, 0.05) is 35.6 Å². The van der Waals surface area contributed by atoms with E-state index in [4.69, 9.17) is 0 Å². The second-order valence-corrected chi connectivity index (χ2v) is 9.78. The monoisotopic (exact) mass is 451 g/mol. The van der Waals surface area contributed by atoms with Gasteiger partial charge in [0.1, 0.15) is 15.7 Å². The number of fused-ring (bicyclic) bond motifs is 1. The summed E-state index contributed by atoms with van der Waals surface area (Å²) >= 11 is 3.17. The van der Waals surface area contributed by atoms with Crippen molar-refractivity contribution in [1.82, 2.24) is 24.6 Å². The molecular weight excluding hydrogens is 426 g/mol. The molecule has 4 aromatic rings. The maximum absolute atomic E-state index is 12.8. The zero-order chi connectivity index (χ0) is 22.0.